The van der Waals surface area contributed by atoms with E-state index in [1.54, 1.807) is 0 Å². The Kier molecular flexibility index (Phi) is 83.5. The van der Waals surface area contributed by atoms with Crippen LogP contribution in [0.4, 0.5) is 0 Å². The van der Waals surface area contributed by atoms with Crippen molar-refractivity contribution in [1.29, 1.82) is 0 Å². The molecule has 0 aliphatic rings. The van der Waals surface area contributed by atoms with Gasteiger partial charge in [-0.25, -0.2) is 9.13 Å². The molecule has 0 aliphatic carbocycles. The molecule has 0 heterocycles. The van der Waals surface area contributed by atoms with Gasteiger partial charge in [0.15, 0.2) is 12.2 Å². The molecule has 0 saturated heterocycles. The van der Waals surface area contributed by atoms with Crippen molar-refractivity contribution in [1.82, 2.24) is 0 Å². The fourth-order valence-corrected chi connectivity index (χ4v) is 16.0. The van der Waals surface area contributed by atoms with Crippen molar-refractivity contribution in [2.75, 3.05) is 39.6 Å². The number of hydrogen-bond donors (Lipinski definition) is 3. The van der Waals surface area contributed by atoms with E-state index in [-0.39, 0.29) is 25.7 Å². The molecule has 17 nitrogen and oxygen atoms in total. The molecule has 19 heteroatoms. The first-order valence-electron chi connectivity index (χ1n) is 47.3. The summed E-state index contributed by atoms with van der Waals surface area (Å²) in [7, 11) is -9.93. The van der Waals surface area contributed by atoms with E-state index >= 15 is 0 Å². The number of carbonyl (C=O) groups is 4. The Hall–Kier alpha value is -1.94. The zero-order valence-electron chi connectivity index (χ0n) is 72.3. The maximum Gasteiger partial charge on any atom is 0.472 e. The molecule has 3 N–H and O–H groups in total. The summed E-state index contributed by atoms with van der Waals surface area (Å²) in [4.78, 5) is 73.3. The van der Waals surface area contributed by atoms with Crippen LogP contribution in [-0.4, -0.2) is 96.7 Å². The average Bonchev–Trinajstić information content (AvgIpc) is 0.900. The third-order valence-corrected chi connectivity index (χ3v) is 23.5. The highest BCUT2D eigenvalue weighted by Crippen LogP contribution is 2.45. The second-order valence-electron chi connectivity index (χ2n) is 32.7. The topological polar surface area (TPSA) is 237 Å². The van der Waals surface area contributed by atoms with Crippen LogP contribution in [0.2, 0.25) is 0 Å². The standard InChI is InChI=1S/C91H178O17P2/c1-5-9-13-17-21-25-28-31-34-37-40-43-46-49-52-55-58-62-66-70-74-78-91(96)108-87(82-102-89(94)76-72-68-64-60-56-53-50-47-44-41-38-35-32-29-26-22-18-14-10-6-2)84-106-110(99,100)104-80-85(92)79-103-109(97,98)105-83-86(81-101-88(93)75-71-67-63-59-24-20-16-12-8-4)107-90(95)77-73-69-65-61-57-54-51-48-45-42-39-36-33-30-27-23-19-15-11-7-3/h85-87,92H,5-84H2,1-4H3,(H,97,98)(H,99,100)/t85-,86+,87+/m0/s1. The van der Waals surface area contributed by atoms with Gasteiger partial charge in [0, 0.05) is 25.7 Å². The molecule has 0 saturated carbocycles. The first-order chi connectivity index (χ1) is 53.7. The van der Waals surface area contributed by atoms with Crippen LogP contribution in [0, 0.1) is 0 Å². The lowest BCUT2D eigenvalue weighted by Crippen LogP contribution is -2.30. The Morgan fingerprint density at radius 2 is 0.364 bits per heavy atom. The second-order valence-corrected chi connectivity index (χ2v) is 35.6. The van der Waals surface area contributed by atoms with Crippen LogP contribution in [0.15, 0.2) is 0 Å². The molecule has 0 amide bonds. The van der Waals surface area contributed by atoms with E-state index < -0.39 is 97.5 Å². The number of phosphoric acid groups is 2. The van der Waals surface area contributed by atoms with Crippen molar-refractivity contribution in [3.8, 4) is 0 Å². The minimum Gasteiger partial charge on any atom is -0.462 e. The summed E-state index contributed by atoms with van der Waals surface area (Å²) in [5, 5.41) is 10.7. The number of ether oxygens (including phenoxy) is 4. The number of aliphatic hydroxyl groups is 1. The van der Waals surface area contributed by atoms with Crippen molar-refractivity contribution in [3.05, 3.63) is 0 Å². The molecule has 2 unspecified atom stereocenters. The van der Waals surface area contributed by atoms with Gasteiger partial charge in [0.2, 0.25) is 0 Å². The number of phosphoric ester groups is 2. The molecule has 0 aliphatic heterocycles. The minimum absolute atomic E-state index is 0.110. The smallest absolute Gasteiger partial charge is 0.462 e. The van der Waals surface area contributed by atoms with Crippen LogP contribution < -0.4 is 0 Å². The molecule has 0 aromatic carbocycles. The van der Waals surface area contributed by atoms with Crippen LogP contribution in [-0.2, 0) is 65.4 Å². The van der Waals surface area contributed by atoms with E-state index in [1.165, 1.54) is 334 Å². The van der Waals surface area contributed by atoms with E-state index in [4.69, 9.17) is 37.0 Å². The second kappa shape index (κ2) is 85.0. The summed E-state index contributed by atoms with van der Waals surface area (Å²) in [5.74, 6) is -2.09. The van der Waals surface area contributed by atoms with Crippen molar-refractivity contribution >= 4 is 39.5 Å². The number of aliphatic hydroxyl groups excluding tert-OH is 1. The molecule has 0 aromatic rings. The van der Waals surface area contributed by atoms with Crippen LogP contribution >= 0.6 is 15.6 Å². The number of unbranched alkanes of at least 4 members (excludes halogenated alkanes) is 66. The molecule has 0 rings (SSSR count). The summed E-state index contributed by atoms with van der Waals surface area (Å²) in [6.07, 6.45) is 82.2. The summed E-state index contributed by atoms with van der Waals surface area (Å²) in [5.41, 5.74) is 0. The largest absolute Gasteiger partial charge is 0.472 e. The maximum atomic E-state index is 13.2. The molecule has 654 valence electrons. The number of rotatable bonds is 92. The van der Waals surface area contributed by atoms with Crippen molar-refractivity contribution < 1.29 is 80.2 Å². The van der Waals surface area contributed by atoms with Gasteiger partial charge in [0.05, 0.1) is 26.4 Å². The third kappa shape index (κ3) is 84.0. The summed E-state index contributed by atoms with van der Waals surface area (Å²) < 4.78 is 69.0. The Labute approximate surface area is 677 Å². The summed E-state index contributed by atoms with van der Waals surface area (Å²) >= 11 is 0. The summed E-state index contributed by atoms with van der Waals surface area (Å²) in [6, 6.07) is 0. The van der Waals surface area contributed by atoms with Crippen molar-refractivity contribution in [3.63, 3.8) is 0 Å². The Balaban J connectivity index is 5.18. The quantitative estimate of drug-likeness (QED) is 0.0222. The Morgan fingerprint density at radius 3 is 0.536 bits per heavy atom. The van der Waals surface area contributed by atoms with E-state index in [0.29, 0.717) is 25.7 Å². The van der Waals surface area contributed by atoms with E-state index in [2.05, 4.69) is 27.7 Å². The number of esters is 4. The number of carbonyl (C=O) groups excluding carboxylic acids is 4. The van der Waals surface area contributed by atoms with Gasteiger partial charge < -0.3 is 33.8 Å². The Bertz CT molecular complexity index is 2070. The summed E-state index contributed by atoms with van der Waals surface area (Å²) in [6.45, 7) is 5.07. The zero-order chi connectivity index (χ0) is 80.3. The van der Waals surface area contributed by atoms with E-state index in [1.807, 2.05) is 0 Å². The minimum atomic E-state index is -4.97. The average molecular weight is 1610 g/mol. The maximum absolute atomic E-state index is 13.2. The molecule has 0 radical (unpaired) electrons. The first kappa shape index (κ1) is 108. The lowest BCUT2D eigenvalue weighted by molar-refractivity contribution is -0.161. The highest BCUT2D eigenvalue weighted by atomic mass is 31.2. The van der Waals surface area contributed by atoms with Crippen LogP contribution in [0.5, 0.6) is 0 Å². The van der Waals surface area contributed by atoms with Gasteiger partial charge in [-0.15, -0.1) is 0 Å². The lowest BCUT2D eigenvalue weighted by Gasteiger charge is -2.21. The molecule has 0 aromatic heterocycles. The van der Waals surface area contributed by atoms with Crippen LogP contribution in [0.1, 0.15) is 503 Å². The number of hydrogen-bond acceptors (Lipinski definition) is 15. The normalized spacial score (nSPS) is 13.6. The van der Waals surface area contributed by atoms with Crippen molar-refractivity contribution in [2.45, 2.75) is 521 Å². The molecule has 0 fully saturated rings. The van der Waals surface area contributed by atoms with Gasteiger partial charge in [0.1, 0.15) is 19.3 Å². The van der Waals surface area contributed by atoms with E-state index in [9.17, 15) is 43.2 Å². The van der Waals surface area contributed by atoms with E-state index in [0.717, 1.165) is 89.9 Å². The predicted octanol–water partition coefficient (Wildman–Crippen LogP) is 28.5. The highest BCUT2D eigenvalue weighted by Gasteiger charge is 2.31. The monoisotopic (exact) mass is 1610 g/mol. The third-order valence-electron chi connectivity index (χ3n) is 21.6. The fraction of sp³-hybridized carbons (Fsp3) is 0.956. The van der Waals surface area contributed by atoms with Crippen molar-refractivity contribution in [2.24, 2.45) is 0 Å². The molecule has 0 spiro atoms. The lowest BCUT2D eigenvalue weighted by atomic mass is 10.0. The molecule has 5 atom stereocenters. The SMILES string of the molecule is CCCCCCCCCCCCCCCCCCCCCCCC(=O)O[C@H](COC(=O)CCCCCCCCCCCCCCCCCCCCCC)COP(=O)(O)OC[C@@H](O)COP(=O)(O)OC[C@@H](COC(=O)CCCCCCCCCCC)OC(=O)CCCCCCCCCCCCCCCCCCCCCC. The molecule has 110 heavy (non-hydrogen) atoms. The van der Waals surface area contributed by atoms with Crippen LogP contribution in [0.25, 0.3) is 0 Å². The van der Waals surface area contributed by atoms with Gasteiger partial charge in [-0.05, 0) is 25.7 Å². The zero-order valence-corrected chi connectivity index (χ0v) is 74.0. The molecule has 0 bridgehead atoms. The highest BCUT2D eigenvalue weighted by molar-refractivity contribution is 7.47. The van der Waals surface area contributed by atoms with Gasteiger partial charge in [0.25, 0.3) is 0 Å². The van der Waals surface area contributed by atoms with Gasteiger partial charge in [-0.3, -0.25) is 37.3 Å². The van der Waals surface area contributed by atoms with Gasteiger partial charge in [-0.2, -0.15) is 0 Å². The fourth-order valence-electron chi connectivity index (χ4n) is 14.4. The van der Waals surface area contributed by atoms with Gasteiger partial charge in [-0.1, -0.05) is 451 Å². The molecular formula is C91H178O17P2. The van der Waals surface area contributed by atoms with Crippen LogP contribution in [0.3, 0.4) is 0 Å². The Morgan fingerprint density at radius 1 is 0.218 bits per heavy atom. The molecular weight excluding hydrogens is 1430 g/mol. The predicted molar refractivity (Wildman–Crippen MR) is 455 cm³/mol. The first-order valence-corrected chi connectivity index (χ1v) is 50.3. The van der Waals surface area contributed by atoms with Gasteiger partial charge >= 0.3 is 39.5 Å².